The van der Waals surface area contributed by atoms with Crippen LogP contribution in [0.5, 0.6) is 0 Å². The van der Waals surface area contributed by atoms with Crippen molar-refractivity contribution in [3.63, 3.8) is 0 Å². The van der Waals surface area contributed by atoms with Crippen LogP contribution in [-0.2, 0) is 9.53 Å². The molecule has 0 spiro atoms. The predicted molar refractivity (Wildman–Crippen MR) is 81.0 cm³/mol. The molecule has 21 heavy (non-hydrogen) atoms. The number of nitrogens with two attached hydrogens (primary N) is 1. The zero-order valence-electron chi connectivity index (χ0n) is 12.2. The smallest absolute Gasteiger partial charge is 0.228 e. The molecule has 1 atom stereocenters. The standard InChI is InChI=1S/C15H22N4O2/c16-13-10-17-4-3-14(13)18-5-7-19(8-6-18)15(20)12-2-1-9-21-11-12/h3-4,10,12H,1-2,5-9,11,16H2. The minimum Gasteiger partial charge on any atom is -0.396 e. The Labute approximate surface area is 124 Å². The van der Waals surface area contributed by atoms with E-state index < -0.39 is 0 Å². The summed E-state index contributed by atoms with van der Waals surface area (Å²) in [5.74, 6) is 0.299. The van der Waals surface area contributed by atoms with Crippen LogP contribution in [0, 0.1) is 5.92 Å². The average molecular weight is 290 g/mol. The maximum Gasteiger partial charge on any atom is 0.228 e. The molecule has 3 heterocycles. The van der Waals surface area contributed by atoms with Gasteiger partial charge in [-0.05, 0) is 18.9 Å². The molecule has 0 aliphatic carbocycles. The molecule has 2 saturated heterocycles. The van der Waals surface area contributed by atoms with Gasteiger partial charge < -0.3 is 20.3 Å². The van der Waals surface area contributed by atoms with Gasteiger partial charge in [-0.3, -0.25) is 9.78 Å². The highest BCUT2D eigenvalue weighted by atomic mass is 16.5. The summed E-state index contributed by atoms with van der Waals surface area (Å²) >= 11 is 0. The highest BCUT2D eigenvalue weighted by Crippen LogP contribution is 2.23. The van der Waals surface area contributed by atoms with E-state index in [0.29, 0.717) is 12.3 Å². The Morgan fingerprint density at radius 2 is 2.14 bits per heavy atom. The number of amides is 1. The fourth-order valence-electron chi connectivity index (χ4n) is 3.05. The molecular weight excluding hydrogens is 268 g/mol. The molecule has 0 radical (unpaired) electrons. The van der Waals surface area contributed by atoms with E-state index in [9.17, 15) is 4.79 Å². The second-order valence-corrected chi connectivity index (χ2v) is 5.66. The van der Waals surface area contributed by atoms with E-state index in [0.717, 1.165) is 51.3 Å². The molecule has 1 aromatic rings. The SMILES string of the molecule is Nc1cnccc1N1CCN(C(=O)C2CCCOC2)CC1. The van der Waals surface area contributed by atoms with Crippen molar-refractivity contribution in [1.82, 2.24) is 9.88 Å². The number of nitrogen functional groups attached to an aromatic ring is 1. The average Bonchev–Trinajstić information content (AvgIpc) is 2.56. The van der Waals surface area contributed by atoms with Crippen molar-refractivity contribution in [2.24, 2.45) is 5.92 Å². The van der Waals surface area contributed by atoms with Crippen molar-refractivity contribution in [3.8, 4) is 0 Å². The highest BCUT2D eigenvalue weighted by molar-refractivity contribution is 5.79. The van der Waals surface area contributed by atoms with Gasteiger partial charge in [0.2, 0.25) is 5.91 Å². The Morgan fingerprint density at radius 3 is 2.81 bits per heavy atom. The van der Waals surface area contributed by atoms with E-state index in [-0.39, 0.29) is 11.8 Å². The maximum atomic E-state index is 12.5. The summed E-state index contributed by atoms with van der Waals surface area (Å²) in [7, 11) is 0. The predicted octanol–water partition coefficient (Wildman–Crippen LogP) is 0.739. The van der Waals surface area contributed by atoms with Crippen LogP contribution < -0.4 is 10.6 Å². The van der Waals surface area contributed by atoms with E-state index in [1.165, 1.54) is 0 Å². The summed E-state index contributed by atoms with van der Waals surface area (Å²) in [6.07, 6.45) is 5.37. The molecule has 1 amide bonds. The molecule has 2 aliphatic heterocycles. The molecule has 3 rings (SSSR count). The van der Waals surface area contributed by atoms with Gasteiger partial charge in [-0.1, -0.05) is 0 Å². The van der Waals surface area contributed by atoms with E-state index in [4.69, 9.17) is 10.5 Å². The third-order valence-corrected chi connectivity index (χ3v) is 4.27. The molecule has 114 valence electrons. The number of hydrogen-bond donors (Lipinski definition) is 1. The number of carbonyl (C=O) groups is 1. The zero-order chi connectivity index (χ0) is 14.7. The Hall–Kier alpha value is -1.82. The summed E-state index contributed by atoms with van der Waals surface area (Å²) in [5, 5.41) is 0. The van der Waals surface area contributed by atoms with Gasteiger partial charge in [0.15, 0.2) is 0 Å². The van der Waals surface area contributed by atoms with Gasteiger partial charge in [0, 0.05) is 39.0 Å². The summed E-state index contributed by atoms with van der Waals surface area (Å²) in [6.45, 7) is 4.49. The normalized spacial score (nSPS) is 23.1. The maximum absolute atomic E-state index is 12.5. The third-order valence-electron chi connectivity index (χ3n) is 4.27. The van der Waals surface area contributed by atoms with E-state index >= 15 is 0 Å². The quantitative estimate of drug-likeness (QED) is 0.870. The number of nitrogens with zero attached hydrogens (tertiary/aromatic N) is 3. The molecule has 0 saturated carbocycles. The molecule has 0 bridgehead atoms. The molecular formula is C15H22N4O2. The van der Waals surface area contributed by atoms with Crippen molar-refractivity contribution >= 4 is 17.3 Å². The lowest BCUT2D eigenvalue weighted by Crippen LogP contribution is -2.51. The first-order valence-corrected chi connectivity index (χ1v) is 7.56. The van der Waals surface area contributed by atoms with Crippen LogP contribution in [0.2, 0.25) is 0 Å². The highest BCUT2D eigenvalue weighted by Gasteiger charge is 2.29. The van der Waals surface area contributed by atoms with Gasteiger partial charge in [0.05, 0.1) is 30.1 Å². The van der Waals surface area contributed by atoms with Crippen molar-refractivity contribution in [3.05, 3.63) is 18.5 Å². The van der Waals surface area contributed by atoms with Gasteiger partial charge in [-0.2, -0.15) is 0 Å². The fourth-order valence-corrected chi connectivity index (χ4v) is 3.05. The summed E-state index contributed by atoms with van der Waals surface area (Å²) in [4.78, 5) is 20.7. The first-order chi connectivity index (χ1) is 10.3. The number of aromatic nitrogens is 1. The molecule has 6 heteroatoms. The molecule has 6 nitrogen and oxygen atoms in total. The van der Waals surface area contributed by atoms with Crippen LogP contribution >= 0.6 is 0 Å². The fraction of sp³-hybridized carbons (Fsp3) is 0.600. The van der Waals surface area contributed by atoms with Crippen molar-refractivity contribution < 1.29 is 9.53 Å². The summed E-state index contributed by atoms with van der Waals surface area (Å²) in [5.41, 5.74) is 7.67. The van der Waals surface area contributed by atoms with Gasteiger partial charge in [0.25, 0.3) is 0 Å². The van der Waals surface area contributed by atoms with Crippen LogP contribution in [0.25, 0.3) is 0 Å². The topological polar surface area (TPSA) is 71.7 Å². The van der Waals surface area contributed by atoms with Crippen LogP contribution in [-0.4, -0.2) is 55.2 Å². The second-order valence-electron chi connectivity index (χ2n) is 5.66. The minimum atomic E-state index is 0.0521. The van der Waals surface area contributed by atoms with E-state index in [1.54, 1.807) is 12.4 Å². The van der Waals surface area contributed by atoms with Gasteiger partial charge in [-0.25, -0.2) is 0 Å². The molecule has 0 aromatic carbocycles. The Kier molecular flexibility index (Phi) is 4.24. The first-order valence-electron chi connectivity index (χ1n) is 7.56. The van der Waals surface area contributed by atoms with Crippen molar-refractivity contribution in [1.29, 1.82) is 0 Å². The number of rotatable bonds is 2. The Bertz CT molecular complexity index is 494. The molecule has 2 fully saturated rings. The second kappa shape index (κ2) is 6.30. The van der Waals surface area contributed by atoms with Crippen molar-refractivity contribution in [2.75, 3.05) is 50.0 Å². The van der Waals surface area contributed by atoms with Gasteiger partial charge in [0.1, 0.15) is 0 Å². The van der Waals surface area contributed by atoms with Gasteiger partial charge >= 0.3 is 0 Å². The van der Waals surface area contributed by atoms with Crippen molar-refractivity contribution in [2.45, 2.75) is 12.8 Å². The number of ether oxygens (including phenoxy) is 1. The number of pyridine rings is 1. The van der Waals surface area contributed by atoms with E-state index in [2.05, 4.69) is 9.88 Å². The van der Waals surface area contributed by atoms with Crippen LogP contribution in [0.4, 0.5) is 11.4 Å². The minimum absolute atomic E-state index is 0.0521. The van der Waals surface area contributed by atoms with Crippen LogP contribution in [0.3, 0.4) is 0 Å². The van der Waals surface area contributed by atoms with Gasteiger partial charge in [-0.15, -0.1) is 0 Å². The largest absolute Gasteiger partial charge is 0.396 e. The first kappa shape index (κ1) is 14.1. The lowest BCUT2D eigenvalue weighted by atomic mass is 10.0. The third kappa shape index (κ3) is 3.10. The lowest BCUT2D eigenvalue weighted by molar-refractivity contribution is -0.140. The number of carbonyl (C=O) groups excluding carboxylic acids is 1. The Balaban J connectivity index is 1.57. The molecule has 2 aliphatic rings. The number of piperazine rings is 1. The van der Waals surface area contributed by atoms with Crippen LogP contribution in [0.15, 0.2) is 18.5 Å². The lowest BCUT2D eigenvalue weighted by Gasteiger charge is -2.38. The Morgan fingerprint density at radius 1 is 1.33 bits per heavy atom. The summed E-state index contributed by atoms with van der Waals surface area (Å²) < 4.78 is 5.42. The zero-order valence-corrected chi connectivity index (χ0v) is 12.2. The number of anilines is 2. The van der Waals surface area contributed by atoms with E-state index in [1.807, 2.05) is 11.0 Å². The molecule has 2 N–H and O–H groups in total. The number of hydrogen-bond acceptors (Lipinski definition) is 5. The monoisotopic (exact) mass is 290 g/mol. The molecule has 1 unspecified atom stereocenters. The molecule has 1 aromatic heterocycles. The van der Waals surface area contributed by atoms with Crippen LogP contribution in [0.1, 0.15) is 12.8 Å². The summed E-state index contributed by atoms with van der Waals surface area (Å²) in [6, 6.07) is 1.93.